The third-order valence-electron chi connectivity index (χ3n) is 2.67. The molecule has 7 heteroatoms. The van der Waals surface area contributed by atoms with Crippen LogP contribution in [0.15, 0.2) is 52.7 Å². The Balaban J connectivity index is 2.22. The first kappa shape index (κ1) is 15.1. The molecule has 110 valence electrons. The molecule has 0 aliphatic heterocycles. The average molecular weight is 289 g/mol. The van der Waals surface area contributed by atoms with E-state index in [4.69, 9.17) is 16.2 Å². The standard InChI is InChI=1S/C14H15N3O4/c15-12-1-3-13(4-2-12)16-17-14-6-10(8-20-18)5-11(7-14)9-21-19/h1-7,18-19H,8-9,15H2. The van der Waals surface area contributed by atoms with Crippen molar-refractivity contribution in [3.63, 3.8) is 0 Å². The predicted octanol–water partition coefficient (Wildman–Crippen LogP) is 3.66. The summed E-state index contributed by atoms with van der Waals surface area (Å²) in [7, 11) is 0. The fourth-order valence-electron chi connectivity index (χ4n) is 1.77. The van der Waals surface area contributed by atoms with Crippen LogP contribution in [0.5, 0.6) is 0 Å². The van der Waals surface area contributed by atoms with E-state index < -0.39 is 0 Å². The molecule has 2 aromatic carbocycles. The third kappa shape index (κ3) is 4.62. The molecular formula is C14H15N3O4. The lowest BCUT2D eigenvalue weighted by molar-refractivity contribution is -0.254. The van der Waals surface area contributed by atoms with Gasteiger partial charge in [0.15, 0.2) is 0 Å². The molecule has 0 saturated heterocycles. The van der Waals surface area contributed by atoms with Crippen molar-refractivity contribution in [2.45, 2.75) is 13.2 Å². The lowest BCUT2D eigenvalue weighted by atomic mass is 10.1. The number of benzene rings is 2. The first-order valence-electron chi connectivity index (χ1n) is 6.14. The van der Waals surface area contributed by atoms with E-state index in [0.717, 1.165) is 0 Å². The second kappa shape index (κ2) is 7.46. The lowest BCUT2D eigenvalue weighted by Crippen LogP contribution is -1.93. The normalized spacial score (nSPS) is 11.1. The molecule has 2 aromatic rings. The largest absolute Gasteiger partial charge is 0.399 e. The van der Waals surface area contributed by atoms with Crippen molar-refractivity contribution in [2.24, 2.45) is 10.2 Å². The molecule has 0 spiro atoms. The number of nitrogens with zero attached hydrogens (tertiary/aromatic N) is 2. The fraction of sp³-hybridized carbons (Fsp3) is 0.143. The van der Waals surface area contributed by atoms with Gasteiger partial charge in [0.1, 0.15) is 13.2 Å². The van der Waals surface area contributed by atoms with Gasteiger partial charge in [0.25, 0.3) is 0 Å². The Morgan fingerprint density at radius 3 is 1.86 bits per heavy atom. The molecule has 4 N–H and O–H groups in total. The summed E-state index contributed by atoms with van der Waals surface area (Å²) < 4.78 is 0. The Labute approximate surface area is 121 Å². The maximum Gasteiger partial charge on any atom is 0.107 e. The second-order valence-electron chi connectivity index (χ2n) is 4.35. The second-order valence-corrected chi connectivity index (χ2v) is 4.35. The summed E-state index contributed by atoms with van der Waals surface area (Å²) >= 11 is 0. The van der Waals surface area contributed by atoms with Crippen LogP contribution >= 0.6 is 0 Å². The molecule has 0 bridgehead atoms. The summed E-state index contributed by atoms with van der Waals surface area (Å²) in [5, 5.41) is 25.2. The Bertz CT molecular complexity index is 590. The number of nitrogens with two attached hydrogens (primary N) is 1. The van der Waals surface area contributed by atoms with Crippen LogP contribution < -0.4 is 5.73 Å². The number of azo groups is 1. The van der Waals surface area contributed by atoms with Gasteiger partial charge in [-0.25, -0.2) is 9.78 Å². The van der Waals surface area contributed by atoms with Crippen molar-refractivity contribution in [1.82, 2.24) is 0 Å². The summed E-state index contributed by atoms with van der Waals surface area (Å²) in [5.41, 5.74) is 8.81. The van der Waals surface area contributed by atoms with Gasteiger partial charge in [0.2, 0.25) is 0 Å². The van der Waals surface area contributed by atoms with E-state index in [0.29, 0.717) is 28.2 Å². The molecule has 0 aliphatic rings. The van der Waals surface area contributed by atoms with E-state index in [1.807, 2.05) is 0 Å². The van der Waals surface area contributed by atoms with Crippen molar-refractivity contribution in [3.05, 3.63) is 53.6 Å². The Morgan fingerprint density at radius 2 is 1.33 bits per heavy atom. The zero-order valence-corrected chi connectivity index (χ0v) is 11.1. The van der Waals surface area contributed by atoms with Crippen LogP contribution in [-0.2, 0) is 23.0 Å². The first-order valence-corrected chi connectivity index (χ1v) is 6.14. The molecule has 0 heterocycles. The van der Waals surface area contributed by atoms with Gasteiger partial charge in [-0.2, -0.15) is 10.2 Å². The monoisotopic (exact) mass is 289 g/mol. The van der Waals surface area contributed by atoms with Crippen molar-refractivity contribution < 1.29 is 20.3 Å². The van der Waals surface area contributed by atoms with Crippen LogP contribution in [0, 0.1) is 0 Å². The molecule has 0 unspecified atom stereocenters. The predicted molar refractivity (Wildman–Crippen MR) is 76.3 cm³/mol. The zero-order chi connectivity index (χ0) is 15.1. The molecule has 7 nitrogen and oxygen atoms in total. The van der Waals surface area contributed by atoms with E-state index in [1.165, 1.54) is 0 Å². The maximum atomic E-state index is 8.52. The van der Waals surface area contributed by atoms with E-state index in [2.05, 4.69) is 20.0 Å². The maximum absolute atomic E-state index is 8.52. The molecule has 0 amide bonds. The quantitative estimate of drug-likeness (QED) is 0.325. The highest BCUT2D eigenvalue weighted by Gasteiger charge is 2.02. The van der Waals surface area contributed by atoms with Gasteiger partial charge < -0.3 is 5.73 Å². The number of hydrogen-bond donors (Lipinski definition) is 3. The zero-order valence-electron chi connectivity index (χ0n) is 11.1. The highest BCUT2D eigenvalue weighted by atomic mass is 17.1. The molecule has 0 aliphatic carbocycles. The molecular weight excluding hydrogens is 274 g/mol. The van der Waals surface area contributed by atoms with E-state index >= 15 is 0 Å². The van der Waals surface area contributed by atoms with Crippen LogP contribution in [0.3, 0.4) is 0 Å². The average Bonchev–Trinajstić information content (AvgIpc) is 2.47. The van der Waals surface area contributed by atoms with Crippen molar-refractivity contribution in [3.8, 4) is 0 Å². The van der Waals surface area contributed by atoms with Crippen molar-refractivity contribution >= 4 is 17.1 Å². The van der Waals surface area contributed by atoms with Gasteiger partial charge in [-0.1, -0.05) is 6.07 Å². The Hall–Kier alpha value is -2.32. The summed E-state index contributed by atoms with van der Waals surface area (Å²) in [6.45, 7) is 0.00726. The van der Waals surface area contributed by atoms with Gasteiger partial charge >= 0.3 is 0 Å². The fourth-order valence-corrected chi connectivity index (χ4v) is 1.77. The van der Waals surface area contributed by atoms with Crippen LogP contribution in [0.1, 0.15) is 11.1 Å². The summed E-state index contributed by atoms with van der Waals surface area (Å²) in [6.07, 6.45) is 0. The van der Waals surface area contributed by atoms with E-state index in [9.17, 15) is 0 Å². The smallest absolute Gasteiger partial charge is 0.107 e. The number of nitrogen functional groups attached to an aromatic ring is 1. The molecule has 0 radical (unpaired) electrons. The highest BCUT2D eigenvalue weighted by Crippen LogP contribution is 2.22. The molecule has 0 fully saturated rings. The number of anilines is 1. The molecule has 2 rings (SSSR count). The third-order valence-corrected chi connectivity index (χ3v) is 2.67. The summed E-state index contributed by atoms with van der Waals surface area (Å²) in [5.74, 6) is 0. The lowest BCUT2D eigenvalue weighted by Gasteiger charge is -2.04. The first-order chi connectivity index (χ1) is 10.2. The molecule has 0 atom stereocenters. The van der Waals surface area contributed by atoms with Crippen LogP contribution in [0.2, 0.25) is 0 Å². The number of rotatable bonds is 6. The summed E-state index contributed by atoms with van der Waals surface area (Å²) in [4.78, 5) is 8.20. The minimum absolute atomic E-state index is 0.00363. The number of hydrogen-bond acceptors (Lipinski definition) is 7. The molecule has 21 heavy (non-hydrogen) atoms. The molecule has 0 saturated carbocycles. The van der Waals surface area contributed by atoms with Crippen LogP contribution in [-0.4, -0.2) is 10.5 Å². The summed E-state index contributed by atoms with van der Waals surface area (Å²) in [6, 6.07) is 12.1. The van der Waals surface area contributed by atoms with Gasteiger partial charge in [-0.05, 0) is 47.5 Å². The Kier molecular flexibility index (Phi) is 5.35. The van der Waals surface area contributed by atoms with E-state index in [1.54, 1.807) is 42.5 Å². The SMILES string of the molecule is Nc1ccc(N=Nc2cc(COO)cc(COO)c2)cc1. The van der Waals surface area contributed by atoms with E-state index in [-0.39, 0.29) is 13.2 Å². The van der Waals surface area contributed by atoms with Crippen LogP contribution in [0.4, 0.5) is 17.1 Å². The molecule has 0 aromatic heterocycles. The van der Waals surface area contributed by atoms with Crippen LogP contribution in [0.25, 0.3) is 0 Å². The van der Waals surface area contributed by atoms with Crippen molar-refractivity contribution in [1.29, 1.82) is 0 Å². The minimum Gasteiger partial charge on any atom is -0.399 e. The van der Waals surface area contributed by atoms with Gasteiger partial charge in [0.05, 0.1) is 11.4 Å². The Morgan fingerprint density at radius 1 is 0.810 bits per heavy atom. The minimum atomic E-state index is 0.00363. The highest BCUT2D eigenvalue weighted by molar-refractivity contribution is 5.48. The van der Waals surface area contributed by atoms with Crippen molar-refractivity contribution in [2.75, 3.05) is 5.73 Å². The van der Waals surface area contributed by atoms with Gasteiger partial charge in [0, 0.05) is 5.69 Å². The van der Waals surface area contributed by atoms with Gasteiger partial charge in [-0.15, -0.1) is 0 Å². The topological polar surface area (TPSA) is 110 Å². The van der Waals surface area contributed by atoms with Gasteiger partial charge in [-0.3, -0.25) is 10.5 Å².